The van der Waals surface area contributed by atoms with Gasteiger partial charge in [-0.25, -0.2) is 4.98 Å². The Morgan fingerprint density at radius 1 is 1.47 bits per heavy atom. The molecule has 1 unspecified atom stereocenters. The molecule has 1 aliphatic rings. The molecule has 1 aromatic heterocycles. The number of rotatable bonds is 2. The van der Waals surface area contributed by atoms with Crippen LogP contribution in [0.5, 0.6) is 0 Å². The largest absolute Gasteiger partial charge is 0.353 e. The number of aromatic nitrogens is 2. The highest BCUT2D eigenvalue weighted by atomic mass is 15.2. The molecule has 0 radical (unpaired) electrons. The zero-order valence-corrected chi connectivity index (χ0v) is 9.62. The molecule has 15 heavy (non-hydrogen) atoms. The lowest BCUT2D eigenvalue weighted by Crippen LogP contribution is -2.30. The van der Waals surface area contributed by atoms with Crippen molar-refractivity contribution < 1.29 is 0 Å². The Labute approximate surface area is 90.7 Å². The summed E-state index contributed by atoms with van der Waals surface area (Å²) in [5.74, 6) is 1.05. The average Bonchev–Trinajstić information content (AvgIpc) is 2.70. The molecule has 2 heterocycles. The monoisotopic (exact) mass is 206 g/mol. The van der Waals surface area contributed by atoms with E-state index in [0.717, 1.165) is 30.3 Å². The number of hydrogen-bond acceptors (Lipinski definition) is 4. The Bertz CT molecular complexity index is 350. The molecule has 1 fully saturated rings. The van der Waals surface area contributed by atoms with E-state index in [4.69, 9.17) is 0 Å². The van der Waals surface area contributed by atoms with Crippen molar-refractivity contribution in [1.29, 1.82) is 0 Å². The minimum absolute atomic E-state index is 0.590. The van der Waals surface area contributed by atoms with E-state index < -0.39 is 0 Å². The Balaban J connectivity index is 2.19. The fourth-order valence-electron chi connectivity index (χ4n) is 2.01. The van der Waals surface area contributed by atoms with E-state index in [0.29, 0.717) is 6.04 Å². The maximum Gasteiger partial charge on any atom is 0.150 e. The third-order valence-electron chi connectivity index (χ3n) is 2.95. The van der Waals surface area contributed by atoms with Crippen LogP contribution in [-0.2, 0) is 0 Å². The molecule has 0 bridgehead atoms. The van der Waals surface area contributed by atoms with Crippen LogP contribution in [0.25, 0.3) is 0 Å². The Morgan fingerprint density at radius 3 is 2.93 bits per heavy atom. The highest BCUT2D eigenvalue weighted by Gasteiger charge is 2.23. The van der Waals surface area contributed by atoms with Gasteiger partial charge in [0.2, 0.25) is 0 Å². The molecule has 0 aliphatic carbocycles. The second kappa shape index (κ2) is 4.14. The molecule has 0 saturated carbocycles. The minimum Gasteiger partial charge on any atom is -0.353 e. The van der Waals surface area contributed by atoms with Crippen LogP contribution in [-0.4, -0.2) is 36.1 Å². The van der Waals surface area contributed by atoms with Gasteiger partial charge < -0.3 is 10.2 Å². The van der Waals surface area contributed by atoms with Gasteiger partial charge >= 0.3 is 0 Å². The summed E-state index contributed by atoms with van der Waals surface area (Å²) in [5, 5.41) is 3.31. The van der Waals surface area contributed by atoms with Gasteiger partial charge in [-0.15, -0.1) is 0 Å². The lowest BCUT2D eigenvalue weighted by molar-refractivity contribution is 0.616. The van der Waals surface area contributed by atoms with Gasteiger partial charge in [0.25, 0.3) is 0 Å². The summed E-state index contributed by atoms with van der Waals surface area (Å²) in [6.07, 6.45) is 3.01. The molecule has 1 aromatic rings. The maximum absolute atomic E-state index is 4.56. The highest BCUT2D eigenvalue weighted by Crippen LogP contribution is 2.20. The molecule has 1 N–H and O–H groups in total. The zero-order valence-electron chi connectivity index (χ0n) is 9.62. The lowest BCUT2D eigenvalue weighted by atomic mass is 10.3. The van der Waals surface area contributed by atoms with E-state index >= 15 is 0 Å². The van der Waals surface area contributed by atoms with Crippen molar-refractivity contribution in [2.45, 2.75) is 26.3 Å². The summed E-state index contributed by atoms with van der Waals surface area (Å²) >= 11 is 0. The topological polar surface area (TPSA) is 41.0 Å². The van der Waals surface area contributed by atoms with Crippen molar-refractivity contribution in [3.63, 3.8) is 0 Å². The molecule has 1 saturated heterocycles. The van der Waals surface area contributed by atoms with Gasteiger partial charge in [0.1, 0.15) is 5.82 Å². The first-order valence-corrected chi connectivity index (χ1v) is 5.43. The van der Waals surface area contributed by atoms with E-state index in [1.165, 1.54) is 6.42 Å². The van der Waals surface area contributed by atoms with Crippen molar-refractivity contribution in [3.8, 4) is 0 Å². The molecule has 0 aromatic carbocycles. The average molecular weight is 206 g/mol. The molecular formula is C11H18N4. The number of aryl methyl sites for hydroxylation is 2. The second-order valence-corrected chi connectivity index (χ2v) is 4.14. The van der Waals surface area contributed by atoms with Crippen LogP contribution in [0.4, 0.5) is 5.82 Å². The summed E-state index contributed by atoms with van der Waals surface area (Å²) < 4.78 is 0. The standard InChI is InChI=1S/C11H18N4/c1-8-6-13-9(2)11(14-8)15-5-4-10(7-15)12-3/h6,10,12H,4-5,7H2,1-3H3. The van der Waals surface area contributed by atoms with E-state index in [-0.39, 0.29) is 0 Å². The van der Waals surface area contributed by atoms with Gasteiger partial charge in [0, 0.05) is 25.3 Å². The van der Waals surface area contributed by atoms with E-state index in [9.17, 15) is 0 Å². The molecule has 1 aliphatic heterocycles. The number of nitrogens with one attached hydrogen (secondary N) is 1. The van der Waals surface area contributed by atoms with E-state index in [1.54, 1.807) is 0 Å². The molecule has 4 nitrogen and oxygen atoms in total. The molecule has 2 rings (SSSR count). The molecule has 0 spiro atoms. The quantitative estimate of drug-likeness (QED) is 0.780. The smallest absolute Gasteiger partial charge is 0.150 e. The van der Waals surface area contributed by atoms with Crippen LogP contribution in [0.3, 0.4) is 0 Å². The van der Waals surface area contributed by atoms with Gasteiger partial charge in [-0.05, 0) is 27.3 Å². The van der Waals surface area contributed by atoms with Crippen LogP contribution in [0, 0.1) is 13.8 Å². The molecular weight excluding hydrogens is 188 g/mol. The molecule has 1 atom stereocenters. The molecule has 82 valence electrons. The number of hydrogen-bond donors (Lipinski definition) is 1. The highest BCUT2D eigenvalue weighted by molar-refractivity contribution is 5.44. The normalized spacial score (nSPS) is 21.0. The third-order valence-corrected chi connectivity index (χ3v) is 2.95. The van der Waals surface area contributed by atoms with Gasteiger partial charge in [-0.1, -0.05) is 0 Å². The fourth-order valence-corrected chi connectivity index (χ4v) is 2.01. The van der Waals surface area contributed by atoms with Crippen LogP contribution < -0.4 is 10.2 Å². The fraction of sp³-hybridized carbons (Fsp3) is 0.636. The van der Waals surface area contributed by atoms with E-state index in [1.807, 2.05) is 27.1 Å². The third kappa shape index (κ3) is 2.09. The predicted octanol–water partition coefficient (Wildman–Crippen LogP) is 0.892. The summed E-state index contributed by atoms with van der Waals surface area (Å²) in [6.45, 7) is 6.12. The Kier molecular flexibility index (Phi) is 2.86. The van der Waals surface area contributed by atoms with Crippen molar-refractivity contribution in [3.05, 3.63) is 17.6 Å². The van der Waals surface area contributed by atoms with Crippen molar-refractivity contribution in [1.82, 2.24) is 15.3 Å². The first-order valence-electron chi connectivity index (χ1n) is 5.43. The number of likely N-dealkylation sites (N-methyl/N-ethyl adjacent to an activating group) is 1. The first-order chi connectivity index (χ1) is 7.20. The summed E-state index contributed by atoms with van der Waals surface area (Å²) in [4.78, 5) is 11.2. The van der Waals surface area contributed by atoms with Crippen molar-refractivity contribution >= 4 is 5.82 Å². The van der Waals surface area contributed by atoms with Crippen LogP contribution in [0.15, 0.2) is 6.20 Å². The van der Waals surface area contributed by atoms with Gasteiger partial charge in [0.05, 0.1) is 11.4 Å². The Hall–Kier alpha value is -1.16. The summed E-state index contributed by atoms with van der Waals surface area (Å²) in [6, 6.07) is 0.590. The van der Waals surface area contributed by atoms with Gasteiger partial charge in [-0.2, -0.15) is 0 Å². The maximum atomic E-state index is 4.56. The molecule has 4 heteroatoms. The summed E-state index contributed by atoms with van der Waals surface area (Å²) in [5.41, 5.74) is 2.01. The molecule has 0 amide bonds. The number of nitrogens with zero attached hydrogens (tertiary/aromatic N) is 3. The minimum atomic E-state index is 0.590. The predicted molar refractivity (Wildman–Crippen MR) is 61.2 cm³/mol. The van der Waals surface area contributed by atoms with Gasteiger partial charge in [-0.3, -0.25) is 4.98 Å². The number of anilines is 1. The Morgan fingerprint density at radius 2 is 2.27 bits per heavy atom. The van der Waals surface area contributed by atoms with Gasteiger partial charge in [0.15, 0.2) is 0 Å². The van der Waals surface area contributed by atoms with Crippen LogP contribution in [0.2, 0.25) is 0 Å². The van der Waals surface area contributed by atoms with Crippen LogP contribution in [0.1, 0.15) is 17.8 Å². The lowest BCUT2D eigenvalue weighted by Gasteiger charge is -2.19. The SMILES string of the molecule is CNC1CCN(c2nc(C)cnc2C)C1. The van der Waals surface area contributed by atoms with Crippen molar-refractivity contribution in [2.75, 3.05) is 25.0 Å². The van der Waals surface area contributed by atoms with Crippen molar-refractivity contribution in [2.24, 2.45) is 0 Å². The summed E-state index contributed by atoms with van der Waals surface area (Å²) in [7, 11) is 2.02. The van der Waals surface area contributed by atoms with E-state index in [2.05, 4.69) is 20.2 Å². The second-order valence-electron chi connectivity index (χ2n) is 4.14. The zero-order chi connectivity index (χ0) is 10.8. The first kappa shape index (κ1) is 10.4. The van der Waals surface area contributed by atoms with Crippen LogP contribution >= 0.6 is 0 Å².